The van der Waals surface area contributed by atoms with E-state index in [-0.39, 0.29) is 11.2 Å². The van der Waals surface area contributed by atoms with Crippen LogP contribution in [0.3, 0.4) is 0 Å². The Balaban J connectivity index is 2.36. The third kappa shape index (κ3) is 3.14. The molecule has 0 aliphatic rings. The van der Waals surface area contributed by atoms with Crippen LogP contribution in [0, 0.1) is 10.6 Å². The molecule has 0 saturated carbocycles. The van der Waals surface area contributed by atoms with Crippen molar-refractivity contribution in [3.05, 3.63) is 46.2 Å². The predicted molar refractivity (Wildman–Crippen MR) is 75.5 cm³/mol. The summed E-state index contributed by atoms with van der Waals surface area (Å²) in [6.45, 7) is 6.09. The SMILES string of the molecule is CC(C)(C)c1n[nH]c(=S)n1/N=C\c1ccc(F)cc1. The largest absolute Gasteiger partial charge is 0.250 e. The zero-order valence-corrected chi connectivity index (χ0v) is 11.8. The maximum absolute atomic E-state index is 12.8. The second-order valence-electron chi connectivity index (χ2n) is 5.21. The van der Waals surface area contributed by atoms with E-state index in [1.807, 2.05) is 20.8 Å². The van der Waals surface area contributed by atoms with Gasteiger partial charge in [-0.1, -0.05) is 32.9 Å². The van der Waals surface area contributed by atoms with Crippen molar-refractivity contribution < 1.29 is 4.39 Å². The highest BCUT2D eigenvalue weighted by molar-refractivity contribution is 7.71. The van der Waals surface area contributed by atoms with Crippen LogP contribution >= 0.6 is 12.2 Å². The molecule has 0 unspecified atom stereocenters. The summed E-state index contributed by atoms with van der Waals surface area (Å²) in [6.07, 6.45) is 1.62. The monoisotopic (exact) mass is 278 g/mol. The highest BCUT2D eigenvalue weighted by Crippen LogP contribution is 2.19. The van der Waals surface area contributed by atoms with E-state index in [0.29, 0.717) is 4.77 Å². The molecule has 0 spiro atoms. The van der Waals surface area contributed by atoms with Gasteiger partial charge in [-0.2, -0.15) is 14.9 Å². The summed E-state index contributed by atoms with van der Waals surface area (Å²) in [7, 11) is 0. The molecular formula is C13H15FN4S. The van der Waals surface area contributed by atoms with Crippen molar-refractivity contribution in [1.29, 1.82) is 0 Å². The fourth-order valence-electron chi connectivity index (χ4n) is 1.56. The van der Waals surface area contributed by atoms with Crippen molar-refractivity contribution in [1.82, 2.24) is 14.9 Å². The van der Waals surface area contributed by atoms with Gasteiger partial charge in [0, 0.05) is 5.41 Å². The maximum Gasteiger partial charge on any atom is 0.216 e. The zero-order chi connectivity index (χ0) is 14.0. The lowest BCUT2D eigenvalue weighted by Gasteiger charge is -2.15. The van der Waals surface area contributed by atoms with E-state index in [4.69, 9.17) is 12.2 Å². The van der Waals surface area contributed by atoms with Gasteiger partial charge in [-0.25, -0.2) is 4.39 Å². The Morgan fingerprint density at radius 1 is 1.32 bits per heavy atom. The van der Waals surface area contributed by atoms with Crippen LogP contribution < -0.4 is 0 Å². The van der Waals surface area contributed by atoms with Gasteiger partial charge >= 0.3 is 0 Å². The van der Waals surface area contributed by atoms with Crippen LogP contribution in [0.4, 0.5) is 4.39 Å². The molecule has 0 aliphatic carbocycles. The van der Waals surface area contributed by atoms with Crippen LogP contribution in [0.5, 0.6) is 0 Å². The zero-order valence-electron chi connectivity index (χ0n) is 11.0. The molecule has 0 fully saturated rings. The molecule has 1 aromatic carbocycles. The Morgan fingerprint density at radius 2 is 1.95 bits per heavy atom. The smallest absolute Gasteiger partial charge is 0.216 e. The summed E-state index contributed by atoms with van der Waals surface area (Å²) in [6, 6.07) is 6.08. The van der Waals surface area contributed by atoms with Crippen molar-refractivity contribution in [2.24, 2.45) is 5.10 Å². The first-order valence-corrected chi connectivity index (χ1v) is 6.26. The molecule has 19 heavy (non-hydrogen) atoms. The minimum absolute atomic E-state index is 0.173. The Labute approximate surface area is 116 Å². The molecule has 0 aliphatic heterocycles. The Hall–Kier alpha value is -1.82. The Bertz CT molecular complexity index is 647. The predicted octanol–water partition coefficient (Wildman–Crippen LogP) is 3.26. The van der Waals surface area contributed by atoms with Crippen molar-refractivity contribution >= 4 is 18.4 Å². The normalized spacial score (nSPS) is 12.2. The molecule has 100 valence electrons. The second-order valence-corrected chi connectivity index (χ2v) is 5.60. The highest BCUT2D eigenvalue weighted by Gasteiger charge is 2.21. The molecule has 2 aromatic rings. The molecule has 1 N–H and O–H groups in total. The molecular weight excluding hydrogens is 263 g/mol. The lowest BCUT2D eigenvalue weighted by molar-refractivity contribution is 0.516. The highest BCUT2D eigenvalue weighted by atomic mass is 32.1. The van der Waals surface area contributed by atoms with E-state index in [2.05, 4.69) is 15.3 Å². The summed E-state index contributed by atoms with van der Waals surface area (Å²) in [5.41, 5.74) is 0.623. The average molecular weight is 278 g/mol. The number of rotatable bonds is 2. The fraction of sp³-hybridized carbons (Fsp3) is 0.308. The molecule has 4 nitrogen and oxygen atoms in total. The molecule has 2 rings (SSSR count). The summed E-state index contributed by atoms with van der Waals surface area (Å²) < 4.78 is 14.8. The topological polar surface area (TPSA) is 46.0 Å². The van der Waals surface area contributed by atoms with Crippen LogP contribution in [0.2, 0.25) is 0 Å². The van der Waals surface area contributed by atoms with Gasteiger partial charge in [0.1, 0.15) is 5.82 Å². The number of hydrogen-bond donors (Lipinski definition) is 1. The number of hydrogen-bond acceptors (Lipinski definition) is 3. The van der Waals surface area contributed by atoms with Crippen molar-refractivity contribution in [3.8, 4) is 0 Å². The van der Waals surface area contributed by atoms with Gasteiger partial charge in [-0.3, -0.25) is 5.10 Å². The lowest BCUT2D eigenvalue weighted by Crippen LogP contribution is -2.17. The number of aromatic amines is 1. The van der Waals surface area contributed by atoms with Crippen molar-refractivity contribution in [2.45, 2.75) is 26.2 Å². The standard InChI is InChI=1S/C13H15FN4S/c1-13(2,3)11-16-17-12(19)18(11)15-8-9-4-6-10(14)7-5-9/h4-8H,1-3H3,(H,17,19)/b15-8-. The molecule has 0 saturated heterocycles. The lowest BCUT2D eigenvalue weighted by atomic mass is 9.96. The number of aromatic nitrogens is 3. The van der Waals surface area contributed by atoms with E-state index in [1.165, 1.54) is 12.1 Å². The first kappa shape index (κ1) is 13.6. The van der Waals surface area contributed by atoms with Gasteiger partial charge < -0.3 is 0 Å². The summed E-state index contributed by atoms with van der Waals surface area (Å²) in [4.78, 5) is 0. The summed E-state index contributed by atoms with van der Waals surface area (Å²) in [5.74, 6) is 0.475. The van der Waals surface area contributed by atoms with Crippen molar-refractivity contribution in [2.75, 3.05) is 0 Å². The molecule has 6 heteroatoms. The molecule has 1 heterocycles. The minimum atomic E-state index is -0.271. The molecule has 0 bridgehead atoms. The maximum atomic E-state index is 12.8. The van der Waals surface area contributed by atoms with E-state index in [1.54, 1.807) is 23.0 Å². The molecule has 0 amide bonds. The van der Waals surface area contributed by atoms with Gasteiger partial charge in [0.05, 0.1) is 6.21 Å². The van der Waals surface area contributed by atoms with E-state index in [9.17, 15) is 4.39 Å². The third-order valence-electron chi connectivity index (χ3n) is 2.51. The van der Waals surface area contributed by atoms with Gasteiger partial charge in [0.15, 0.2) is 5.82 Å². The van der Waals surface area contributed by atoms with Crippen LogP contribution in [0.15, 0.2) is 29.4 Å². The van der Waals surface area contributed by atoms with Gasteiger partial charge in [-0.15, -0.1) is 0 Å². The summed E-state index contributed by atoms with van der Waals surface area (Å²) in [5, 5.41) is 11.2. The van der Waals surface area contributed by atoms with Crippen molar-refractivity contribution in [3.63, 3.8) is 0 Å². The molecule has 0 atom stereocenters. The first-order valence-electron chi connectivity index (χ1n) is 5.86. The van der Waals surface area contributed by atoms with Gasteiger partial charge in [0.25, 0.3) is 0 Å². The number of halogens is 1. The van der Waals surface area contributed by atoms with Gasteiger partial charge in [-0.05, 0) is 29.9 Å². The fourth-order valence-corrected chi connectivity index (χ4v) is 1.74. The second kappa shape index (κ2) is 5.05. The number of benzene rings is 1. The number of H-pyrrole nitrogens is 1. The van der Waals surface area contributed by atoms with Crippen LogP contribution in [0.25, 0.3) is 0 Å². The van der Waals surface area contributed by atoms with E-state index >= 15 is 0 Å². The Morgan fingerprint density at radius 3 is 2.53 bits per heavy atom. The minimum Gasteiger partial charge on any atom is -0.250 e. The Kier molecular flexibility index (Phi) is 3.61. The van der Waals surface area contributed by atoms with Gasteiger partial charge in [0.2, 0.25) is 4.77 Å². The van der Waals surface area contributed by atoms with Crippen LogP contribution in [-0.4, -0.2) is 21.1 Å². The van der Waals surface area contributed by atoms with Crippen LogP contribution in [-0.2, 0) is 5.41 Å². The quantitative estimate of drug-likeness (QED) is 0.677. The van der Waals surface area contributed by atoms with Crippen LogP contribution in [0.1, 0.15) is 32.2 Å². The third-order valence-corrected chi connectivity index (χ3v) is 2.78. The van der Waals surface area contributed by atoms with E-state index in [0.717, 1.165) is 11.4 Å². The number of nitrogens with one attached hydrogen (secondary N) is 1. The first-order chi connectivity index (χ1) is 8.88. The molecule has 0 radical (unpaired) electrons. The average Bonchev–Trinajstić information content (AvgIpc) is 2.70. The van der Waals surface area contributed by atoms with E-state index < -0.39 is 0 Å². The molecule has 1 aromatic heterocycles. The summed E-state index contributed by atoms with van der Waals surface area (Å²) >= 11 is 5.15. The number of nitrogens with zero attached hydrogens (tertiary/aromatic N) is 3.